The van der Waals surface area contributed by atoms with Crippen molar-refractivity contribution in [2.75, 3.05) is 20.7 Å². The van der Waals surface area contributed by atoms with Crippen LogP contribution in [0.25, 0.3) is 0 Å². The van der Waals surface area contributed by atoms with Crippen molar-refractivity contribution < 1.29 is 17.9 Å². The first-order valence-corrected chi connectivity index (χ1v) is 7.83. The summed E-state index contributed by atoms with van der Waals surface area (Å²) in [7, 11) is -1.01. The molecule has 0 aliphatic rings. The van der Waals surface area contributed by atoms with Crippen molar-refractivity contribution >= 4 is 39.2 Å². The molecule has 0 aliphatic carbocycles. The summed E-state index contributed by atoms with van der Waals surface area (Å²) in [4.78, 5) is 14.6. The van der Waals surface area contributed by atoms with Gasteiger partial charge in [-0.15, -0.1) is 0 Å². The summed E-state index contributed by atoms with van der Waals surface area (Å²) < 4.78 is 30.0. The average molecular weight is 341 g/mol. The van der Waals surface area contributed by atoms with Crippen LogP contribution in [0.5, 0.6) is 0 Å². The molecule has 0 aromatic carbocycles. The summed E-state index contributed by atoms with van der Waals surface area (Å²) in [6, 6.07) is 1.24. The number of rotatable bonds is 6. The first kappa shape index (κ1) is 17.2. The highest BCUT2D eigenvalue weighted by molar-refractivity contribution is 7.89. The molecule has 1 aromatic heterocycles. The first-order valence-electron chi connectivity index (χ1n) is 5.63. The quantitative estimate of drug-likeness (QED) is 0.584. The second-order valence-corrected chi connectivity index (χ2v) is 6.76. The van der Waals surface area contributed by atoms with Gasteiger partial charge in [-0.1, -0.05) is 23.2 Å². The fourth-order valence-corrected chi connectivity index (χ4v) is 2.91. The lowest BCUT2D eigenvalue weighted by Crippen LogP contribution is -2.28. The summed E-state index contributed by atoms with van der Waals surface area (Å²) in [5, 5.41) is 0.106. The van der Waals surface area contributed by atoms with Gasteiger partial charge in [0, 0.05) is 26.2 Å². The van der Waals surface area contributed by atoms with Gasteiger partial charge in [0.2, 0.25) is 10.0 Å². The molecule has 0 spiro atoms. The molecule has 0 aliphatic heterocycles. The van der Waals surface area contributed by atoms with Crippen LogP contribution in [0, 0.1) is 0 Å². The number of esters is 1. The van der Waals surface area contributed by atoms with Crippen molar-refractivity contribution in [3.8, 4) is 0 Å². The monoisotopic (exact) mass is 340 g/mol. The van der Waals surface area contributed by atoms with Crippen molar-refractivity contribution in [2.24, 2.45) is 0 Å². The number of carbonyl (C=O) groups excluding carboxylic acids is 1. The van der Waals surface area contributed by atoms with Crippen LogP contribution in [-0.2, 0) is 19.6 Å². The molecule has 0 unspecified atom stereocenters. The van der Waals surface area contributed by atoms with Crippen LogP contribution in [0.15, 0.2) is 17.2 Å². The maximum Gasteiger partial charge on any atom is 0.305 e. The van der Waals surface area contributed by atoms with E-state index >= 15 is 0 Å². The highest BCUT2D eigenvalue weighted by Gasteiger charge is 2.22. The van der Waals surface area contributed by atoms with E-state index in [1.54, 1.807) is 0 Å². The lowest BCUT2D eigenvalue weighted by atomic mass is 10.3. The SMILES string of the molecule is COC(=O)CCCN(C)S(=O)(=O)c1cnc(Cl)c(Cl)c1. The number of hydrogen-bond acceptors (Lipinski definition) is 5. The van der Waals surface area contributed by atoms with Crippen molar-refractivity contribution in [1.82, 2.24) is 9.29 Å². The first-order chi connectivity index (χ1) is 9.28. The Labute approximate surface area is 127 Å². The Hall–Kier alpha value is -0.890. The molecule has 0 saturated heterocycles. The normalized spacial score (nSPS) is 11.7. The predicted molar refractivity (Wildman–Crippen MR) is 75.3 cm³/mol. The van der Waals surface area contributed by atoms with E-state index in [-0.39, 0.29) is 34.0 Å². The highest BCUT2D eigenvalue weighted by Crippen LogP contribution is 2.23. The van der Waals surface area contributed by atoms with Crippen molar-refractivity contribution in [3.63, 3.8) is 0 Å². The zero-order chi connectivity index (χ0) is 15.3. The van der Waals surface area contributed by atoms with Crippen LogP contribution in [-0.4, -0.2) is 44.4 Å². The van der Waals surface area contributed by atoms with Gasteiger partial charge in [0.05, 0.1) is 12.1 Å². The minimum atomic E-state index is -3.71. The summed E-state index contributed by atoms with van der Waals surface area (Å²) >= 11 is 11.4. The number of nitrogens with zero attached hydrogens (tertiary/aromatic N) is 2. The van der Waals surface area contributed by atoms with Crippen molar-refractivity contribution in [1.29, 1.82) is 0 Å². The number of hydrogen-bond donors (Lipinski definition) is 0. The maximum absolute atomic E-state index is 12.2. The number of carbonyl (C=O) groups is 1. The topological polar surface area (TPSA) is 76.6 Å². The van der Waals surface area contributed by atoms with E-state index in [0.717, 1.165) is 10.5 Å². The molecular weight excluding hydrogens is 327 g/mol. The Morgan fingerprint density at radius 2 is 2.10 bits per heavy atom. The third-order valence-electron chi connectivity index (χ3n) is 2.56. The van der Waals surface area contributed by atoms with Gasteiger partial charge in [-0.3, -0.25) is 4.79 Å². The van der Waals surface area contributed by atoms with E-state index in [9.17, 15) is 13.2 Å². The number of aromatic nitrogens is 1. The minimum Gasteiger partial charge on any atom is -0.469 e. The van der Waals surface area contributed by atoms with E-state index in [1.165, 1.54) is 20.2 Å². The molecular formula is C11H14Cl2N2O4S. The van der Waals surface area contributed by atoms with Gasteiger partial charge in [0.15, 0.2) is 0 Å². The zero-order valence-corrected chi connectivity index (χ0v) is 13.3. The number of halogens is 2. The molecule has 0 fully saturated rings. The van der Waals surface area contributed by atoms with Gasteiger partial charge in [0.25, 0.3) is 0 Å². The Morgan fingerprint density at radius 3 is 2.65 bits per heavy atom. The van der Waals surface area contributed by atoms with Crippen LogP contribution < -0.4 is 0 Å². The second-order valence-electron chi connectivity index (χ2n) is 3.95. The lowest BCUT2D eigenvalue weighted by Gasteiger charge is -2.16. The molecule has 0 bridgehead atoms. The average Bonchev–Trinajstić information content (AvgIpc) is 2.41. The van der Waals surface area contributed by atoms with Crippen LogP contribution in [0.4, 0.5) is 0 Å². The molecule has 6 nitrogen and oxygen atoms in total. The number of sulfonamides is 1. The number of ether oxygens (including phenoxy) is 1. The molecule has 0 atom stereocenters. The molecule has 0 saturated carbocycles. The fraction of sp³-hybridized carbons (Fsp3) is 0.455. The van der Waals surface area contributed by atoms with Gasteiger partial charge < -0.3 is 4.74 Å². The van der Waals surface area contributed by atoms with Crippen LogP contribution in [0.1, 0.15) is 12.8 Å². The predicted octanol–water partition coefficient (Wildman–Crippen LogP) is 1.96. The summed E-state index contributed by atoms with van der Waals surface area (Å²) in [6.07, 6.45) is 1.65. The van der Waals surface area contributed by atoms with Gasteiger partial charge in [-0.2, -0.15) is 0 Å². The summed E-state index contributed by atoms with van der Waals surface area (Å²) in [6.45, 7) is 0.178. The van der Waals surface area contributed by atoms with E-state index in [4.69, 9.17) is 23.2 Å². The molecule has 0 N–H and O–H groups in total. The summed E-state index contributed by atoms with van der Waals surface area (Å²) in [5.74, 6) is -0.382. The Morgan fingerprint density at radius 1 is 1.45 bits per heavy atom. The van der Waals surface area contributed by atoms with Gasteiger partial charge in [0.1, 0.15) is 10.0 Å². The molecule has 112 valence electrons. The Kier molecular flexibility index (Phi) is 6.19. The van der Waals surface area contributed by atoms with E-state index in [2.05, 4.69) is 9.72 Å². The molecule has 1 heterocycles. The van der Waals surface area contributed by atoms with E-state index in [0.29, 0.717) is 6.42 Å². The van der Waals surface area contributed by atoms with Gasteiger partial charge in [-0.25, -0.2) is 17.7 Å². The standard InChI is InChI=1S/C11H14Cl2N2O4S/c1-15(5-3-4-10(16)19-2)20(17,18)8-6-9(12)11(13)14-7-8/h6-7H,3-5H2,1-2H3. The van der Waals surface area contributed by atoms with E-state index in [1.807, 2.05) is 0 Å². The maximum atomic E-state index is 12.2. The smallest absolute Gasteiger partial charge is 0.305 e. The van der Waals surface area contributed by atoms with E-state index < -0.39 is 10.0 Å². The fourth-order valence-electron chi connectivity index (χ4n) is 1.39. The molecule has 9 heteroatoms. The highest BCUT2D eigenvalue weighted by atomic mass is 35.5. The van der Waals surface area contributed by atoms with Crippen LogP contribution in [0.2, 0.25) is 10.2 Å². The molecule has 0 radical (unpaired) electrons. The Balaban J connectivity index is 2.77. The van der Waals surface area contributed by atoms with Crippen molar-refractivity contribution in [2.45, 2.75) is 17.7 Å². The largest absolute Gasteiger partial charge is 0.469 e. The number of methoxy groups -OCH3 is 1. The number of pyridine rings is 1. The second kappa shape index (κ2) is 7.21. The van der Waals surface area contributed by atoms with Gasteiger partial charge in [-0.05, 0) is 12.5 Å². The van der Waals surface area contributed by atoms with Crippen LogP contribution in [0.3, 0.4) is 0 Å². The minimum absolute atomic E-state index is 0.0407. The molecule has 0 amide bonds. The van der Waals surface area contributed by atoms with Crippen LogP contribution >= 0.6 is 23.2 Å². The molecule has 1 rings (SSSR count). The summed E-state index contributed by atoms with van der Waals surface area (Å²) in [5.41, 5.74) is 0. The molecule has 20 heavy (non-hydrogen) atoms. The van der Waals surface area contributed by atoms with Crippen molar-refractivity contribution in [3.05, 3.63) is 22.4 Å². The van der Waals surface area contributed by atoms with Gasteiger partial charge >= 0.3 is 5.97 Å². The lowest BCUT2D eigenvalue weighted by molar-refractivity contribution is -0.140. The third kappa shape index (κ3) is 4.31. The molecule has 1 aromatic rings. The zero-order valence-electron chi connectivity index (χ0n) is 11.0. The third-order valence-corrected chi connectivity index (χ3v) is 5.07. The Bertz CT molecular complexity index is 592.